The summed E-state index contributed by atoms with van der Waals surface area (Å²) in [6.45, 7) is 1.86. The van der Waals surface area contributed by atoms with Gasteiger partial charge in [0, 0.05) is 6.07 Å². The maximum atomic E-state index is 12.0. The highest BCUT2D eigenvalue weighted by Gasteiger charge is 2.11. The van der Waals surface area contributed by atoms with E-state index in [-0.39, 0.29) is 17.9 Å². The lowest BCUT2D eigenvalue weighted by atomic mass is 10.2. The molecule has 0 atom stereocenters. The summed E-state index contributed by atoms with van der Waals surface area (Å²) in [6, 6.07) is 11.1. The number of nitrogens with one attached hydrogen (secondary N) is 1. The molecule has 27 heavy (non-hydrogen) atoms. The zero-order valence-electron chi connectivity index (χ0n) is 15.0. The van der Waals surface area contributed by atoms with Gasteiger partial charge in [-0.25, -0.2) is 10.2 Å². The Morgan fingerprint density at radius 3 is 2.48 bits per heavy atom. The molecule has 0 radical (unpaired) electrons. The number of phenolic OH excluding ortho intramolecular Hbond substituents is 1. The molecule has 0 aromatic heterocycles. The third-order valence-corrected chi connectivity index (χ3v) is 3.37. The monoisotopic (exact) mass is 372 g/mol. The van der Waals surface area contributed by atoms with Crippen LogP contribution in [0.2, 0.25) is 0 Å². The fourth-order valence-corrected chi connectivity index (χ4v) is 2.05. The molecule has 2 aromatic rings. The standard InChI is InChI=1S/C19H20N2O6/c1-3-26-18(23)12-27-14-6-4-13(5-7-14)11-20-21-19(24)16-9-8-15(25-2)10-17(16)22/h4-11,22H,3,12H2,1-2H3,(H,21,24)/b20-11-. The van der Waals surface area contributed by atoms with E-state index in [0.29, 0.717) is 23.7 Å². The Balaban J connectivity index is 1.88. The Kier molecular flexibility index (Phi) is 7.18. The van der Waals surface area contributed by atoms with Gasteiger partial charge < -0.3 is 19.3 Å². The zero-order chi connectivity index (χ0) is 19.6. The third kappa shape index (κ3) is 6.03. The maximum absolute atomic E-state index is 12.0. The number of carbonyl (C=O) groups excluding carboxylic acids is 2. The van der Waals surface area contributed by atoms with E-state index in [1.165, 1.54) is 25.5 Å². The zero-order valence-corrected chi connectivity index (χ0v) is 15.0. The van der Waals surface area contributed by atoms with Crippen LogP contribution in [0.15, 0.2) is 47.6 Å². The molecular weight excluding hydrogens is 352 g/mol. The molecule has 0 saturated carbocycles. The van der Waals surface area contributed by atoms with Crippen LogP contribution in [0.1, 0.15) is 22.8 Å². The number of esters is 1. The van der Waals surface area contributed by atoms with Gasteiger partial charge in [-0.2, -0.15) is 5.10 Å². The van der Waals surface area contributed by atoms with Crippen molar-refractivity contribution in [1.29, 1.82) is 0 Å². The molecule has 0 bridgehead atoms. The predicted octanol–water partition coefficient (Wildman–Crippen LogP) is 2.11. The average Bonchev–Trinajstić information content (AvgIpc) is 2.67. The fraction of sp³-hybridized carbons (Fsp3) is 0.211. The van der Waals surface area contributed by atoms with Crippen LogP contribution in [0.25, 0.3) is 0 Å². The number of phenols is 1. The summed E-state index contributed by atoms with van der Waals surface area (Å²) < 4.78 is 15.0. The quantitative estimate of drug-likeness (QED) is 0.418. The Bertz CT molecular complexity index is 817. The van der Waals surface area contributed by atoms with Crippen LogP contribution in [0, 0.1) is 0 Å². The molecule has 0 aliphatic rings. The minimum Gasteiger partial charge on any atom is -0.507 e. The van der Waals surface area contributed by atoms with Crippen LogP contribution < -0.4 is 14.9 Å². The predicted molar refractivity (Wildman–Crippen MR) is 98.3 cm³/mol. The average molecular weight is 372 g/mol. The molecular formula is C19H20N2O6. The summed E-state index contributed by atoms with van der Waals surface area (Å²) in [6.07, 6.45) is 1.44. The van der Waals surface area contributed by atoms with E-state index in [4.69, 9.17) is 14.2 Å². The number of amides is 1. The molecule has 2 rings (SSSR count). The van der Waals surface area contributed by atoms with Gasteiger partial charge >= 0.3 is 5.97 Å². The van der Waals surface area contributed by atoms with E-state index in [0.717, 1.165) is 0 Å². The lowest BCUT2D eigenvalue weighted by Gasteiger charge is -2.06. The highest BCUT2D eigenvalue weighted by molar-refractivity contribution is 5.97. The normalized spacial score (nSPS) is 10.4. The number of ether oxygens (including phenoxy) is 3. The number of carbonyl (C=O) groups is 2. The van der Waals surface area contributed by atoms with Crippen LogP contribution in [0.5, 0.6) is 17.2 Å². The van der Waals surface area contributed by atoms with Crippen molar-refractivity contribution in [3.63, 3.8) is 0 Å². The summed E-state index contributed by atoms with van der Waals surface area (Å²) in [5.41, 5.74) is 3.12. The van der Waals surface area contributed by atoms with Gasteiger partial charge in [0.05, 0.1) is 25.5 Å². The van der Waals surface area contributed by atoms with Gasteiger partial charge in [0.1, 0.15) is 17.2 Å². The largest absolute Gasteiger partial charge is 0.507 e. The van der Waals surface area contributed by atoms with Crippen LogP contribution in [-0.2, 0) is 9.53 Å². The van der Waals surface area contributed by atoms with Crippen molar-refractivity contribution < 1.29 is 28.9 Å². The van der Waals surface area contributed by atoms with Gasteiger partial charge in [0.2, 0.25) is 0 Å². The number of nitrogens with zero attached hydrogens (tertiary/aromatic N) is 1. The van der Waals surface area contributed by atoms with Gasteiger partial charge in [-0.3, -0.25) is 4.79 Å². The number of hydrazone groups is 1. The molecule has 2 N–H and O–H groups in total. The van der Waals surface area contributed by atoms with E-state index in [1.807, 2.05) is 0 Å². The Labute approximate surface area is 156 Å². The second-order valence-corrected chi connectivity index (χ2v) is 5.24. The Morgan fingerprint density at radius 2 is 1.85 bits per heavy atom. The first-order valence-corrected chi connectivity index (χ1v) is 8.12. The first-order valence-electron chi connectivity index (χ1n) is 8.12. The number of benzene rings is 2. The number of hydrogen-bond acceptors (Lipinski definition) is 7. The van der Waals surface area contributed by atoms with Gasteiger partial charge in [-0.15, -0.1) is 0 Å². The van der Waals surface area contributed by atoms with Crippen LogP contribution in [0.3, 0.4) is 0 Å². The van der Waals surface area contributed by atoms with E-state index in [9.17, 15) is 14.7 Å². The lowest BCUT2D eigenvalue weighted by Crippen LogP contribution is -2.17. The van der Waals surface area contributed by atoms with Crippen molar-refractivity contribution in [3.05, 3.63) is 53.6 Å². The molecule has 0 saturated heterocycles. The van der Waals surface area contributed by atoms with E-state index in [2.05, 4.69) is 10.5 Å². The van der Waals surface area contributed by atoms with Gasteiger partial charge in [0.25, 0.3) is 5.91 Å². The van der Waals surface area contributed by atoms with E-state index >= 15 is 0 Å². The molecule has 8 nitrogen and oxygen atoms in total. The molecule has 0 aliphatic heterocycles. The number of methoxy groups -OCH3 is 1. The summed E-state index contributed by atoms with van der Waals surface area (Å²) in [5.74, 6) is -0.246. The molecule has 0 unspecified atom stereocenters. The summed E-state index contributed by atoms with van der Waals surface area (Å²) >= 11 is 0. The Morgan fingerprint density at radius 1 is 1.15 bits per heavy atom. The van der Waals surface area contributed by atoms with E-state index in [1.54, 1.807) is 37.3 Å². The van der Waals surface area contributed by atoms with Crippen molar-refractivity contribution in [1.82, 2.24) is 5.43 Å². The number of aromatic hydroxyl groups is 1. The second-order valence-electron chi connectivity index (χ2n) is 5.24. The molecule has 0 aliphatic carbocycles. The summed E-state index contributed by atoms with van der Waals surface area (Å²) in [5, 5.41) is 13.7. The molecule has 0 heterocycles. The van der Waals surface area contributed by atoms with Gasteiger partial charge in [0.15, 0.2) is 6.61 Å². The van der Waals surface area contributed by atoms with Crippen molar-refractivity contribution >= 4 is 18.1 Å². The number of hydrogen-bond donors (Lipinski definition) is 2. The fourth-order valence-electron chi connectivity index (χ4n) is 2.05. The topological polar surface area (TPSA) is 106 Å². The smallest absolute Gasteiger partial charge is 0.344 e. The SMILES string of the molecule is CCOC(=O)COc1ccc(/C=N\NC(=O)c2ccc(OC)cc2O)cc1. The highest BCUT2D eigenvalue weighted by atomic mass is 16.6. The van der Waals surface area contributed by atoms with Crippen molar-refractivity contribution in [2.24, 2.45) is 5.10 Å². The maximum Gasteiger partial charge on any atom is 0.344 e. The minimum absolute atomic E-state index is 0.0793. The van der Waals surface area contributed by atoms with Crippen molar-refractivity contribution in [2.75, 3.05) is 20.3 Å². The molecule has 142 valence electrons. The molecule has 0 spiro atoms. The van der Waals surface area contributed by atoms with Gasteiger partial charge in [-0.05, 0) is 48.9 Å². The summed E-state index contributed by atoms with van der Waals surface area (Å²) in [7, 11) is 1.46. The van der Waals surface area contributed by atoms with Gasteiger partial charge in [-0.1, -0.05) is 0 Å². The highest BCUT2D eigenvalue weighted by Crippen LogP contribution is 2.23. The van der Waals surface area contributed by atoms with E-state index < -0.39 is 11.9 Å². The molecule has 8 heteroatoms. The van der Waals surface area contributed by atoms with Crippen LogP contribution in [0.4, 0.5) is 0 Å². The van der Waals surface area contributed by atoms with Crippen LogP contribution >= 0.6 is 0 Å². The van der Waals surface area contributed by atoms with Crippen LogP contribution in [-0.4, -0.2) is 43.5 Å². The van der Waals surface area contributed by atoms with Crippen molar-refractivity contribution in [3.8, 4) is 17.2 Å². The molecule has 0 fully saturated rings. The molecule has 1 amide bonds. The molecule has 2 aromatic carbocycles. The first kappa shape index (κ1) is 19.8. The minimum atomic E-state index is -0.555. The number of rotatable bonds is 8. The van der Waals surface area contributed by atoms with Crippen molar-refractivity contribution in [2.45, 2.75) is 6.92 Å². The lowest BCUT2D eigenvalue weighted by molar-refractivity contribution is -0.145. The Hall–Kier alpha value is -3.55. The summed E-state index contributed by atoms with van der Waals surface area (Å²) in [4.78, 5) is 23.3. The second kappa shape index (κ2) is 9.81. The third-order valence-electron chi connectivity index (χ3n) is 3.37. The first-order chi connectivity index (χ1) is 13.0.